The molecular weight excluding hydrogens is 204 g/mol. The Morgan fingerprint density at radius 2 is 2.25 bits per heavy atom. The first-order chi connectivity index (χ1) is 7.70. The molecule has 0 bridgehead atoms. The minimum absolute atomic E-state index is 0.379. The Labute approximate surface area is 98.0 Å². The van der Waals surface area contributed by atoms with E-state index in [1.54, 1.807) is 7.11 Å². The van der Waals surface area contributed by atoms with Gasteiger partial charge in [-0.25, -0.2) is 0 Å². The highest BCUT2D eigenvalue weighted by Gasteiger charge is 2.38. The summed E-state index contributed by atoms with van der Waals surface area (Å²) in [5, 5.41) is 13.0. The number of rotatable bonds is 6. The van der Waals surface area contributed by atoms with Gasteiger partial charge in [0.25, 0.3) is 0 Å². The van der Waals surface area contributed by atoms with Crippen molar-refractivity contribution in [2.45, 2.75) is 50.4 Å². The van der Waals surface area contributed by atoms with Gasteiger partial charge in [0, 0.05) is 38.3 Å². The molecule has 0 aromatic rings. The molecule has 1 aliphatic heterocycles. The molecule has 2 aliphatic rings. The minimum Gasteiger partial charge on any atom is -0.389 e. The van der Waals surface area contributed by atoms with E-state index in [1.807, 2.05) is 0 Å². The quantitative estimate of drug-likeness (QED) is 0.682. The fraction of sp³-hybridized carbons (Fsp3) is 1.00. The number of nitrogens with one attached hydrogen (secondary N) is 1. The van der Waals surface area contributed by atoms with Gasteiger partial charge in [-0.1, -0.05) is 0 Å². The van der Waals surface area contributed by atoms with Crippen molar-refractivity contribution in [2.24, 2.45) is 0 Å². The zero-order valence-electron chi connectivity index (χ0n) is 10.4. The van der Waals surface area contributed by atoms with Gasteiger partial charge in [-0.3, -0.25) is 4.90 Å². The van der Waals surface area contributed by atoms with Crippen LogP contribution in [0.4, 0.5) is 0 Å². The summed E-state index contributed by atoms with van der Waals surface area (Å²) in [7, 11) is 1.62. The van der Waals surface area contributed by atoms with Crippen molar-refractivity contribution in [2.75, 3.05) is 26.8 Å². The van der Waals surface area contributed by atoms with Crippen LogP contribution in [0.2, 0.25) is 0 Å². The van der Waals surface area contributed by atoms with Crippen LogP contribution in [0.25, 0.3) is 0 Å². The number of nitrogens with zero attached hydrogens (tertiary/aromatic N) is 1. The summed E-state index contributed by atoms with van der Waals surface area (Å²) < 4.78 is 4.91. The average Bonchev–Trinajstić information content (AvgIpc) is 3.01. The summed E-state index contributed by atoms with van der Waals surface area (Å²) >= 11 is 0. The van der Waals surface area contributed by atoms with Gasteiger partial charge < -0.3 is 15.2 Å². The monoisotopic (exact) mass is 228 g/mol. The smallest absolute Gasteiger partial charge is 0.0897 e. The predicted molar refractivity (Wildman–Crippen MR) is 63.5 cm³/mol. The fourth-order valence-electron chi connectivity index (χ4n) is 2.67. The maximum absolute atomic E-state index is 9.56. The summed E-state index contributed by atoms with van der Waals surface area (Å²) in [6, 6.07) is 2.09. The van der Waals surface area contributed by atoms with Gasteiger partial charge in [0.1, 0.15) is 0 Å². The molecule has 16 heavy (non-hydrogen) atoms. The van der Waals surface area contributed by atoms with Crippen LogP contribution in [0.15, 0.2) is 0 Å². The molecule has 0 spiro atoms. The molecule has 1 heterocycles. The van der Waals surface area contributed by atoms with Gasteiger partial charge in [-0.05, 0) is 26.2 Å². The Balaban J connectivity index is 1.67. The Bertz CT molecular complexity index is 221. The van der Waals surface area contributed by atoms with Crippen molar-refractivity contribution < 1.29 is 9.84 Å². The second-order valence-corrected chi connectivity index (χ2v) is 5.23. The first-order valence-corrected chi connectivity index (χ1v) is 6.37. The molecule has 1 aliphatic carbocycles. The van der Waals surface area contributed by atoms with Crippen molar-refractivity contribution in [3.8, 4) is 0 Å². The molecule has 0 aromatic heterocycles. The van der Waals surface area contributed by atoms with Crippen LogP contribution < -0.4 is 5.32 Å². The normalized spacial score (nSPS) is 33.2. The molecular formula is C12H24N2O2. The molecule has 1 saturated heterocycles. The highest BCUT2D eigenvalue weighted by molar-refractivity contribution is 4.96. The van der Waals surface area contributed by atoms with Crippen molar-refractivity contribution >= 4 is 0 Å². The fourth-order valence-corrected chi connectivity index (χ4v) is 2.67. The van der Waals surface area contributed by atoms with Crippen LogP contribution in [0, 0.1) is 0 Å². The van der Waals surface area contributed by atoms with E-state index in [9.17, 15) is 5.11 Å². The van der Waals surface area contributed by atoms with Gasteiger partial charge in [0.05, 0.1) is 12.7 Å². The second kappa shape index (κ2) is 5.45. The standard InChI is InChI=1S/C12H24N2O2/c1-9-5-10(7-14(9)11-3-4-11)13-6-12(15)8-16-2/h9-13,15H,3-8H2,1-2H3. The summed E-state index contributed by atoms with van der Waals surface area (Å²) in [5.41, 5.74) is 0. The predicted octanol–water partition coefficient (Wildman–Crippen LogP) is 0.209. The summed E-state index contributed by atoms with van der Waals surface area (Å²) in [6.45, 7) is 4.52. The number of aliphatic hydroxyl groups excluding tert-OH is 1. The van der Waals surface area contributed by atoms with Gasteiger partial charge in [-0.2, -0.15) is 0 Å². The Morgan fingerprint density at radius 3 is 2.88 bits per heavy atom. The Hall–Kier alpha value is -0.160. The van der Waals surface area contributed by atoms with Crippen molar-refractivity contribution in [1.29, 1.82) is 0 Å². The van der Waals surface area contributed by atoms with E-state index in [4.69, 9.17) is 4.74 Å². The third-order valence-electron chi connectivity index (χ3n) is 3.64. The molecule has 1 saturated carbocycles. The van der Waals surface area contributed by atoms with E-state index in [1.165, 1.54) is 19.3 Å². The molecule has 3 atom stereocenters. The van der Waals surface area contributed by atoms with E-state index in [2.05, 4.69) is 17.1 Å². The third-order valence-corrected chi connectivity index (χ3v) is 3.64. The highest BCUT2D eigenvalue weighted by Crippen LogP contribution is 2.33. The van der Waals surface area contributed by atoms with Crippen LogP contribution in [0.3, 0.4) is 0 Å². The topological polar surface area (TPSA) is 44.7 Å². The molecule has 3 unspecified atom stereocenters. The molecule has 94 valence electrons. The van der Waals surface area contributed by atoms with E-state index in [-0.39, 0.29) is 6.10 Å². The molecule has 2 rings (SSSR count). The molecule has 4 heteroatoms. The number of ether oxygens (including phenoxy) is 1. The van der Waals surface area contributed by atoms with Gasteiger partial charge in [0.2, 0.25) is 0 Å². The first-order valence-electron chi connectivity index (χ1n) is 6.37. The lowest BCUT2D eigenvalue weighted by Crippen LogP contribution is -2.39. The first kappa shape index (κ1) is 12.3. The van der Waals surface area contributed by atoms with Crippen LogP contribution >= 0.6 is 0 Å². The zero-order chi connectivity index (χ0) is 11.5. The van der Waals surface area contributed by atoms with Crippen LogP contribution in [0.1, 0.15) is 26.2 Å². The largest absolute Gasteiger partial charge is 0.389 e. The molecule has 2 fully saturated rings. The van der Waals surface area contributed by atoms with E-state index in [0.717, 1.165) is 12.6 Å². The second-order valence-electron chi connectivity index (χ2n) is 5.23. The van der Waals surface area contributed by atoms with Gasteiger partial charge in [0.15, 0.2) is 0 Å². The third kappa shape index (κ3) is 3.17. The SMILES string of the molecule is COCC(O)CNC1CC(C)N(C2CC2)C1. The zero-order valence-corrected chi connectivity index (χ0v) is 10.4. The molecule has 0 radical (unpaired) electrons. The average molecular weight is 228 g/mol. The van der Waals surface area contributed by atoms with E-state index in [0.29, 0.717) is 25.2 Å². The molecule has 2 N–H and O–H groups in total. The van der Waals surface area contributed by atoms with Gasteiger partial charge in [-0.15, -0.1) is 0 Å². The van der Waals surface area contributed by atoms with Crippen LogP contribution in [0.5, 0.6) is 0 Å². The number of hydrogen-bond acceptors (Lipinski definition) is 4. The summed E-state index contributed by atoms with van der Waals surface area (Å²) in [5.74, 6) is 0. The number of likely N-dealkylation sites (tertiary alicyclic amines) is 1. The molecule has 4 nitrogen and oxygen atoms in total. The van der Waals surface area contributed by atoms with Crippen LogP contribution in [-0.4, -0.2) is 61.0 Å². The number of methoxy groups -OCH3 is 1. The molecule has 0 aromatic carbocycles. The molecule has 0 amide bonds. The number of hydrogen-bond donors (Lipinski definition) is 2. The van der Waals surface area contributed by atoms with Gasteiger partial charge >= 0.3 is 0 Å². The lowest BCUT2D eigenvalue weighted by Gasteiger charge is -2.20. The Kier molecular flexibility index (Phi) is 4.19. The van der Waals surface area contributed by atoms with Crippen molar-refractivity contribution in [1.82, 2.24) is 10.2 Å². The maximum Gasteiger partial charge on any atom is 0.0897 e. The van der Waals surface area contributed by atoms with E-state index < -0.39 is 0 Å². The maximum atomic E-state index is 9.56. The minimum atomic E-state index is -0.379. The number of aliphatic hydroxyl groups is 1. The van der Waals surface area contributed by atoms with Crippen molar-refractivity contribution in [3.05, 3.63) is 0 Å². The lowest BCUT2D eigenvalue weighted by atomic mass is 10.2. The van der Waals surface area contributed by atoms with E-state index >= 15 is 0 Å². The summed E-state index contributed by atoms with van der Waals surface area (Å²) in [4.78, 5) is 2.61. The lowest BCUT2D eigenvalue weighted by molar-refractivity contribution is 0.0628. The highest BCUT2D eigenvalue weighted by atomic mass is 16.5. The summed E-state index contributed by atoms with van der Waals surface area (Å²) in [6.07, 6.45) is 3.58. The van der Waals surface area contributed by atoms with Crippen molar-refractivity contribution in [3.63, 3.8) is 0 Å². The Morgan fingerprint density at radius 1 is 1.50 bits per heavy atom. The van der Waals surface area contributed by atoms with Crippen LogP contribution in [-0.2, 0) is 4.74 Å².